The first-order valence-corrected chi connectivity index (χ1v) is 9.01. The van der Waals surface area contributed by atoms with Crippen LogP contribution in [0.4, 0.5) is 4.79 Å². The van der Waals surface area contributed by atoms with Gasteiger partial charge >= 0.3 is 6.09 Å². The van der Waals surface area contributed by atoms with Gasteiger partial charge in [0.2, 0.25) is 5.91 Å². The average Bonchev–Trinajstić information content (AvgIpc) is 3.06. The van der Waals surface area contributed by atoms with Gasteiger partial charge in [0.15, 0.2) is 0 Å². The van der Waals surface area contributed by atoms with Crippen LogP contribution in [0.5, 0.6) is 0 Å². The number of benzene rings is 2. The number of imide groups is 1. The highest BCUT2D eigenvalue weighted by molar-refractivity contribution is 5.95. The first-order chi connectivity index (χ1) is 13.1. The van der Waals surface area contributed by atoms with Gasteiger partial charge in [-0.2, -0.15) is 0 Å². The summed E-state index contributed by atoms with van der Waals surface area (Å²) in [4.78, 5) is 26.1. The first-order valence-electron chi connectivity index (χ1n) is 9.01. The fourth-order valence-corrected chi connectivity index (χ4v) is 3.07. The Balaban J connectivity index is 1.68. The van der Waals surface area contributed by atoms with Crippen LogP contribution in [0.1, 0.15) is 18.1 Å². The van der Waals surface area contributed by atoms with Crippen LogP contribution >= 0.6 is 0 Å². The van der Waals surface area contributed by atoms with Crippen molar-refractivity contribution in [2.24, 2.45) is 5.92 Å². The Hall–Kier alpha value is -2.92. The lowest BCUT2D eigenvalue weighted by Crippen LogP contribution is -2.45. The first kappa shape index (κ1) is 18.9. The summed E-state index contributed by atoms with van der Waals surface area (Å²) >= 11 is 0. The zero-order valence-corrected chi connectivity index (χ0v) is 15.2. The fourth-order valence-electron chi connectivity index (χ4n) is 3.07. The molecule has 0 aliphatic carbocycles. The number of hydrogen-bond acceptors (Lipinski definition) is 4. The molecular formula is C22H23NO4. The molecule has 2 aromatic carbocycles. The summed E-state index contributed by atoms with van der Waals surface area (Å²) < 4.78 is 5.10. The molecular weight excluding hydrogens is 342 g/mol. The lowest BCUT2D eigenvalue weighted by Gasteiger charge is -2.24. The molecule has 0 aromatic heterocycles. The molecule has 0 radical (unpaired) electrons. The van der Waals surface area contributed by atoms with Gasteiger partial charge in [-0.15, -0.1) is 0 Å². The zero-order chi connectivity index (χ0) is 19.2. The maximum atomic E-state index is 12.8. The Morgan fingerprint density at radius 1 is 1.19 bits per heavy atom. The van der Waals surface area contributed by atoms with Crippen LogP contribution in [0.15, 0.2) is 66.7 Å². The topological polar surface area (TPSA) is 66.8 Å². The summed E-state index contributed by atoms with van der Waals surface area (Å²) in [5.41, 5.74) is 1.95. The van der Waals surface area contributed by atoms with Gasteiger partial charge in [0.25, 0.3) is 0 Å². The third kappa shape index (κ3) is 4.63. The van der Waals surface area contributed by atoms with E-state index in [1.165, 1.54) is 0 Å². The van der Waals surface area contributed by atoms with Crippen LogP contribution in [0.25, 0.3) is 6.08 Å². The molecule has 1 aliphatic rings. The number of carbonyl (C=O) groups excluding carboxylic acids is 2. The minimum absolute atomic E-state index is 0.169. The van der Waals surface area contributed by atoms with Gasteiger partial charge < -0.3 is 9.84 Å². The zero-order valence-electron chi connectivity index (χ0n) is 15.2. The lowest BCUT2D eigenvalue weighted by atomic mass is 9.99. The summed E-state index contributed by atoms with van der Waals surface area (Å²) in [5, 5.41) is 10.4. The van der Waals surface area contributed by atoms with Crippen LogP contribution in [0.2, 0.25) is 0 Å². The van der Waals surface area contributed by atoms with Crippen molar-refractivity contribution in [1.82, 2.24) is 4.90 Å². The standard InChI is InChI=1S/C22H23NO4/c1-16(20(24)13-12-17-8-4-2-5-9-17)21(25)23-19(15-27-22(23)26)14-18-10-6-3-7-11-18/h2-13,16,19-20,24H,14-15H2,1H3/b13-12+/t16-,19+,20-/m1/s1. The number of carbonyl (C=O) groups is 2. The van der Waals surface area contributed by atoms with Crippen molar-refractivity contribution in [3.8, 4) is 0 Å². The van der Waals surface area contributed by atoms with Gasteiger partial charge in [-0.25, -0.2) is 9.69 Å². The molecule has 5 nitrogen and oxygen atoms in total. The fraction of sp³-hybridized carbons (Fsp3) is 0.273. The summed E-state index contributed by atoms with van der Waals surface area (Å²) in [6.45, 7) is 1.79. The molecule has 5 heteroatoms. The second-order valence-electron chi connectivity index (χ2n) is 6.68. The van der Waals surface area contributed by atoms with Crippen molar-refractivity contribution in [2.45, 2.75) is 25.5 Å². The molecule has 140 valence electrons. The SMILES string of the molecule is C[C@@H](C(=O)N1C(=O)OC[C@@H]1Cc1ccccc1)[C@H](O)/C=C/c1ccccc1. The van der Waals surface area contributed by atoms with E-state index in [1.807, 2.05) is 60.7 Å². The minimum atomic E-state index is -0.997. The summed E-state index contributed by atoms with van der Waals surface area (Å²) in [6.07, 6.45) is 2.22. The van der Waals surface area contributed by atoms with Crippen LogP contribution in [0.3, 0.4) is 0 Å². The van der Waals surface area contributed by atoms with Crippen LogP contribution in [-0.4, -0.2) is 40.8 Å². The highest BCUT2D eigenvalue weighted by Gasteiger charge is 2.40. The second kappa shape index (κ2) is 8.64. The maximum absolute atomic E-state index is 12.8. The van der Waals surface area contributed by atoms with Crippen LogP contribution < -0.4 is 0 Å². The van der Waals surface area contributed by atoms with E-state index in [4.69, 9.17) is 4.74 Å². The van der Waals surface area contributed by atoms with E-state index in [1.54, 1.807) is 19.1 Å². The number of ether oxygens (including phenoxy) is 1. The van der Waals surface area contributed by atoms with Crippen molar-refractivity contribution in [1.29, 1.82) is 0 Å². The largest absolute Gasteiger partial charge is 0.447 e. The Morgan fingerprint density at radius 2 is 1.81 bits per heavy atom. The Bertz CT molecular complexity index is 804. The third-order valence-electron chi connectivity index (χ3n) is 4.70. The van der Waals surface area contributed by atoms with Gasteiger partial charge in [-0.1, -0.05) is 79.7 Å². The van der Waals surface area contributed by atoms with Crippen LogP contribution in [-0.2, 0) is 16.0 Å². The monoisotopic (exact) mass is 365 g/mol. The molecule has 1 aliphatic heterocycles. The van der Waals surface area contributed by atoms with E-state index in [0.717, 1.165) is 16.0 Å². The van der Waals surface area contributed by atoms with Gasteiger partial charge in [-0.3, -0.25) is 4.79 Å². The van der Waals surface area contributed by atoms with Crippen molar-refractivity contribution >= 4 is 18.1 Å². The quantitative estimate of drug-likeness (QED) is 0.853. The Morgan fingerprint density at radius 3 is 2.48 bits per heavy atom. The van der Waals surface area contributed by atoms with E-state index < -0.39 is 24.0 Å². The summed E-state index contributed by atoms with van der Waals surface area (Å²) in [7, 11) is 0. The molecule has 1 saturated heterocycles. The van der Waals surface area contributed by atoms with Crippen molar-refractivity contribution in [2.75, 3.05) is 6.61 Å². The second-order valence-corrected chi connectivity index (χ2v) is 6.68. The number of nitrogens with zero attached hydrogens (tertiary/aromatic N) is 1. The number of aliphatic hydroxyl groups excluding tert-OH is 1. The lowest BCUT2D eigenvalue weighted by molar-refractivity contribution is -0.135. The maximum Gasteiger partial charge on any atom is 0.416 e. The molecule has 1 heterocycles. The third-order valence-corrected chi connectivity index (χ3v) is 4.70. The highest BCUT2D eigenvalue weighted by Crippen LogP contribution is 2.21. The summed E-state index contributed by atoms with van der Waals surface area (Å²) in [5.74, 6) is -1.18. The molecule has 2 aromatic rings. The molecule has 0 spiro atoms. The molecule has 27 heavy (non-hydrogen) atoms. The summed E-state index contributed by atoms with van der Waals surface area (Å²) in [6, 6.07) is 18.8. The number of rotatable bonds is 6. The number of aliphatic hydroxyl groups is 1. The normalized spacial score (nSPS) is 19.1. The smallest absolute Gasteiger partial charge is 0.416 e. The molecule has 3 rings (SSSR count). The molecule has 1 N–H and O–H groups in total. The van der Waals surface area contributed by atoms with Gasteiger partial charge in [0, 0.05) is 0 Å². The molecule has 0 bridgehead atoms. The van der Waals surface area contributed by atoms with Gasteiger partial charge in [-0.05, 0) is 17.5 Å². The van der Waals surface area contributed by atoms with Gasteiger partial charge in [0.1, 0.15) is 6.61 Å². The molecule has 0 saturated carbocycles. The Kier molecular flexibility index (Phi) is 6.04. The average molecular weight is 365 g/mol. The predicted molar refractivity (Wildman–Crippen MR) is 103 cm³/mol. The van der Waals surface area contributed by atoms with E-state index in [9.17, 15) is 14.7 Å². The number of amides is 2. The van der Waals surface area contributed by atoms with Crippen LogP contribution in [0, 0.1) is 5.92 Å². The molecule has 0 unspecified atom stereocenters. The number of hydrogen-bond donors (Lipinski definition) is 1. The highest BCUT2D eigenvalue weighted by atomic mass is 16.6. The van der Waals surface area contributed by atoms with Gasteiger partial charge in [0.05, 0.1) is 18.1 Å². The van der Waals surface area contributed by atoms with Crippen molar-refractivity contribution in [3.63, 3.8) is 0 Å². The van der Waals surface area contributed by atoms with E-state index >= 15 is 0 Å². The van der Waals surface area contributed by atoms with E-state index in [0.29, 0.717) is 6.42 Å². The Labute approximate surface area is 158 Å². The van der Waals surface area contributed by atoms with Crippen molar-refractivity contribution < 1.29 is 19.4 Å². The predicted octanol–water partition coefficient (Wildman–Crippen LogP) is 3.29. The van der Waals surface area contributed by atoms with E-state index in [2.05, 4.69) is 0 Å². The molecule has 1 fully saturated rings. The molecule has 2 amide bonds. The van der Waals surface area contributed by atoms with Crippen molar-refractivity contribution in [3.05, 3.63) is 77.9 Å². The molecule has 3 atom stereocenters. The number of cyclic esters (lactones) is 1. The van der Waals surface area contributed by atoms with E-state index in [-0.39, 0.29) is 12.6 Å². The minimum Gasteiger partial charge on any atom is -0.447 e.